The van der Waals surface area contributed by atoms with E-state index in [1.807, 2.05) is 20.8 Å². The minimum absolute atomic E-state index is 0.118. The van der Waals surface area contributed by atoms with Crippen LogP contribution in [-0.2, 0) is 4.74 Å². The van der Waals surface area contributed by atoms with Crippen molar-refractivity contribution in [1.82, 2.24) is 10.2 Å². The summed E-state index contributed by atoms with van der Waals surface area (Å²) in [6, 6.07) is 3.84. The zero-order valence-electron chi connectivity index (χ0n) is 10.3. The fraction of sp³-hybridized carbons (Fsp3) is 0.583. The topological polar surface area (TPSA) is 62.0 Å². The van der Waals surface area contributed by atoms with Gasteiger partial charge < -0.3 is 9.64 Å². The Hall–Kier alpha value is -1.67. The molecule has 1 saturated heterocycles. The molecule has 17 heavy (non-hydrogen) atoms. The minimum Gasteiger partial charge on any atom is -0.369 e. The zero-order chi connectivity index (χ0) is 12.5. The van der Waals surface area contributed by atoms with Gasteiger partial charge >= 0.3 is 0 Å². The maximum Gasteiger partial charge on any atom is 0.169 e. The standard InChI is InChI=1S/C12H16N4O/c1-9-7-16(8-12(2,3)17-9)11-10(6-13)4-5-14-15-11/h4-5,9H,7-8H2,1-3H3. The second-order valence-corrected chi connectivity index (χ2v) is 4.95. The summed E-state index contributed by atoms with van der Waals surface area (Å²) in [7, 11) is 0. The van der Waals surface area contributed by atoms with Gasteiger partial charge in [-0.25, -0.2) is 0 Å². The van der Waals surface area contributed by atoms with Crippen molar-refractivity contribution in [2.24, 2.45) is 0 Å². The van der Waals surface area contributed by atoms with Crippen LogP contribution in [0.4, 0.5) is 5.82 Å². The van der Waals surface area contributed by atoms with Gasteiger partial charge in [0.2, 0.25) is 0 Å². The first-order valence-electron chi connectivity index (χ1n) is 5.66. The summed E-state index contributed by atoms with van der Waals surface area (Å²) in [5.74, 6) is 0.651. The smallest absolute Gasteiger partial charge is 0.169 e. The van der Waals surface area contributed by atoms with Crippen molar-refractivity contribution in [3.8, 4) is 6.07 Å². The van der Waals surface area contributed by atoms with E-state index in [1.165, 1.54) is 6.20 Å². The first-order chi connectivity index (χ1) is 8.02. The number of aromatic nitrogens is 2. The van der Waals surface area contributed by atoms with E-state index < -0.39 is 0 Å². The molecule has 1 aromatic rings. The number of hydrogen-bond donors (Lipinski definition) is 0. The average Bonchev–Trinajstić information content (AvgIpc) is 2.26. The van der Waals surface area contributed by atoms with Crippen LogP contribution in [0, 0.1) is 11.3 Å². The highest BCUT2D eigenvalue weighted by Crippen LogP contribution is 2.25. The fourth-order valence-electron chi connectivity index (χ4n) is 2.26. The number of nitrogens with zero attached hydrogens (tertiary/aromatic N) is 4. The van der Waals surface area contributed by atoms with Crippen LogP contribution in [0.1, 0.15) is 26.3 Å². The molecule has 2 rings (SSSR count). The summed E-state index contributed by atoms with van der Waals surface area (Å²) in [4.78, 5) is 2.07. The normalized spacial score (nSPS) is 23.2. The molecular formula is C12H16N4O. The molecule has 0 spiro atoms. The lowest BCUT2D eigenvalue weighted by Gasteiger charge is -2.42. The Labute approximate surface area is 101 Å². The summed E-state index contributed by atoms with van der Waals surface area (Å²) in [5.41, 5.74) is 0.326. The number of morpholine rings is 1. The van der Waals surface area contributed by atoms with Crippen LogP contribution in [0.2, 0.25) is 0 Å². The Kier molecular flexibility index (Phi) is 2.99. The highest BCUT2D eigenvalue weighted by molar-refractivity contribution is 5.53. The first-order valence-corrected chi connectivity index (χ1v) is 5.66. The quantitative estimate of drug-likeness (QED) is 0.731. The number of nitriles is 1. The molecular weight excluding hydrogens is 216 g/mol. The molecule has 0 aromatic carbocycles. The molecule has 0 saturated carbocycles. The molecule has 5 heteroatoms. The SMILES string of the molecule is CC1CN(c2nnccc2C#N)CC(C)(C)O1. The predicted molar refractivity (Wildman–Crippen MR) is 63.6 cm³/mol. The number of rotatable bonds is 1. The van der Waals surface area contributed by atoms with Gasteiger partial charge in [0, 0.05) is 13.1 Å². The third kappa shape index (κ3) is 2.53. The van der Waals surface area contributed by atoms with Gasteiger partial charge in [0.25, 0.3) is 0 Å². The van der Waals surface area contributed by atoms with Gasteiger partial charge in [0.15, 0.2) is 5.82 Å². The van der Waals surface area contributed by atoms with Crippen molar-refractivity contribution in [1.29, 1.82) is 5.26 Å². The highest BCUT2D eigenvalue weighted by Gasteiger charge is 2.32. The van der Waals surface area contributed by atoms with E-state index in [0.29, 0.717) is 17.9 Å². The number of hydrogen-bond acceptors (Lipinski definition) is 5. The Morgan fingerprint density at radius 3 is 3.00 bits per heavy atom. The molecule has 0 bridgehead atoms. The van der Waals surface area contributed by atoms with Crippen molar-refractivity contribution in [3.05, 3.63) is 17.8 Å². The monoisotopic (exact) mass is 232 g/mol. The van der Waals surface area contributed by atoms with Crippen molar-refractivity contribution in [3.63, 3.8) is 0 Å². The van der Waals surface area contributed by atoms with Crippen LogP contribution in [-0.4, -0.2) is 35.0 Å². The summed E-state index contributed by atoms with van der Waals surface area (Å²) in [5, 5.41) is 17.0. The lowest BCUT2D eigenvalue weighted by Crippen LogP contribution is -2.52. The van der Waals surface area contributed by atoms with Crippen molar-refractivity contribution < 1.29 is 4.74 Å². The van der Waals surface area contributed by atoms with E-state index >= 15 is 0 Å². The maximum atomic E-state index is 9.07. The molecule has 0 N–H and O–H groups in total. The minimum atomic E-state index is -0.234. The van der Waals surface area contributed by atoms with Crippen LogP contribution in [0.5, 0.6) is 0 Å². The molecule has 90 valence electrons. The summed E-state index contributed by atoms with van der Waals surface area (Å²) < 4.78 is 5.83. The molecule has 1 atom stereocenters. The van der Waals surface area contributed by atoms with E-state index in [0.717, 1.165) is 6.54 Å². The molecule has 1 aromatic heterocycles. The van der Waals surface area contributed by atoms with Crippen molar-refractivity contribution >= 4 is 5.82 Å². The molecule has 0 radical (unpaired) electrons. The van der Waals surface area contributed by atoms with Crippen LogP contribution >= 0.6 is 0 Å². The Morgan fingerprint density at radius 1 is 1.59 bits per heavy atom. The average molecular weight is 232 g/mol. The number of ether oxygens (including phenoxy) is 1. The second kappa shape index (κ2) is 4.30. The Balaban J connectivity index is 2.31. The Bertz CT molecular complexity index is 452. The van der Waals surface area contributed by atoms with Crippen molar-refractivity contribution in [2.75, 3.05) is 18.0 Å². The largest absolute Gasteiger partial charge is 0.369 e. The van der Waals surface area contributed by atoms with Gasteiger partial charge in [0.05, 0.1) is 23.5 Å². The molecule has 1 aliphatic rings. The van der Waals surface area contributed by atoms with E-state index in [1.54, 1.807) is 6.07 Å². The van der Waals surface area contributed by atoms with Gasteiger partial charge in [-0.2, -0.15) is 10.4 Å². The van der Waals surface area contributed by atoms with Gasteiger partial charge in [-0.1, -0.05) is 0 Å². The molecule has 0 aliphatic carbocycles. The van der Waals surface area contributed by atoms with Crippen molar-refractivity contribution in [2.45, 2.75) is 32.5 Å². The lowest BCUT2D eigenvalue weighted by molar-refractivity contribution is -0.0752. The Morgan fingerprint density at radius 2 is 2.35 bits per heavy atom. The lowest BCUT2D eigenvalue weighted by atomic mass is 10.1. The molecule has 1 aliphatic heterocycles. The first kappa shape index (κ1) is 11.8. The van der Waals surface area contributed by atoms with Gasteiger partial charge in [-0.3, -0.25) is 0 Å². The summed E-state index contributed by atoms with van der Waals surface area (Å²) in [6.07, 6.45) is 1.66. The van der Waals surface area contributed by atoms with Gasteiger partial charge in [-0.05, 0) is 26.8 Å². The summed E-state index contributed by atoms with van der Waals surface area (Å²) in [6.45, 7) is 7.55. The van der Waals surface area contributed by atoms with E-state index in [9.17, 15) is 0 Å². The third-order valence-electron chi connectivity index (χ3n) is 2.69. The van der Waals surface area contributed by atoms with E-state index in [4.69, 9.17) is 10.00 Å². The molecule has 2 heterocycles. The van der Waals surface area contributed by atoms with Crippen LogP contribution in [0.3, 0.4) is 0 Å². The highest BCUT2D eigenvalue weighted by atomic mass is 16.5. The van der Waals surface area contributed by atoms with E-state index in [2.05, 4.69) is 21.2 Å². The molecule has 0 amide bonds. The second-order valence-electron chi connectivity index (χ2n) is 4.95. The summed E-state index contributed by atoms with van der Waals surface area (Å²) >= 11 is 0. The van der Waals surface area contributed by atoms with Gasteiger partial charge in [-0.15, -0.1) is 5.10 Å². The number of anilines is 1. The van der Waals surface area contributed by atoms with Crippen LogP contribution < -0.4 is 4.90 Å². The van der Waals surface area contributed by atoms with Crippen LogP contribution in [0.25, 0.3) is 0 Å². The predicted octanol–water partition coefficient (Wildman–Crippen LogP) is 1.35. The third-order valence-corrected chi connectivity index (χ3v) is 2.69. The molecule has 1 fully saturated rings. The van der Waals surface area contributed by atoms with Crippen LogP contribution in [0.15, 0.2) is 12.3 Å². The fourth-order valence-corrected chi connectivity index (χ4v) is 2.26. The van der Waals surface area contributed by atoms with Gasteiger partial charge in [0.1, 0.15) is 6.07 Å². The maximum absolute atomic E-state index is 9.07. The zero-order valence-corrected chi connectivity index (χ0v) is 10.3. The molecule has 1 unspecified atom stereocenters. The van der Waals surface area contributed by atoms with E-state index in [-0.39, 0.29) is 11.7 Å². The molecule has 5 nitrogen and oxygen atoms in total.